The molecule has 0 aromatic heterocycles. The molecule has 0 aliphatic heterocycles. The Hall–Kier alpha value is -1.06. The number of rotatable bonds is 2. The maximum atomic E-state index is 11.8. The third-order valence-corrected chi connectivity index (χ3v) is 9.16. The van der Waals surface area contributed by atoms with Crippen LogP contribution in [0, 0.1) is 46.3 Å². The molecule has 4 nitrogen and oxygen atoms in total. The Morgan fingerprint density at radius 3 is 2.28 bits per heavy atom. The monoisotopic (exact) mass is 348 g/mol. The summed E-state index contributed by atoms with van der Waals surface area (Å²) in [6.07, 6.45) is 10.0. The van der Waals surface area contributed by atoms with E-state index in [1.54, 1.807) is 0 Å². The summed E-state index contributed by atoms with van der Waals surface area (Å²) in [5.41, 5.74) is 0.524. The summed E-state index contributed by atoms with van der Waals surface area (Å²) in [4.78, 5) is 23.5. The number of carbonyl (C=O) groups is 2. The molecular formula is C21H32O4. The molecule has 25 heavy (non-hydrogen) atoms. The molecule has 0 amide bonds. The van der Waals surface area contributed by atoms with Gasteiger partial charge in [0.2, 0.25) is 0 Å². The van der Waals surface area contributed by atoms with E-state index in [9.17, 15) is 19.8 Å². The van der Waals surface area contributed by atoms with Gasteiger partial charge in [0.1, 0.15) is 0 Å². The predicted octanol–water partition coefficient (Wildman–Crippen LogP) is 4.43. The van der Waals surface area contributed by atoms with E-state index < -0.39 is 23.8 Å². The van der Waals surface area contributed by atoms with E-state index in [0.717, 1.165) is 18.3 Å². The molecule has 4 fully saturated rings. The van der Waals surface area contributed by atoms with Crippen molar-refractivity contribution in [2.75, 3.05) is 0 Å². The van der Waals surface area contributed by atoms with Crippen molar-refractivity contribution in [2.24, 2.45) is 46.3 Å². The van der Waals surface area contributed by atoms with Crippen LogP contribution in [0.5, 0.6) is 0 Å². The van der Waals surface area contributed by atoms with Crippen molar-refractivity contribution in [1.82, 2.24) is 0 Å². The number of fused-ring (bicyclic) bond motifs is 5. The lowest BCUT2D eigenvalue weighted by atomic mass is 9.43. The number of hydrogen-bond donors (Lipinski definition) is 2. The van der Waals surface area contributed by atoms with Crippen LogP contribution in [-0.2, 0) is 9.59 Å². The first kappa shape index (κ1) is 17.4. The maximum absolute atomic E-state index is 11.8. The first-order valence-corrected chi connectivity index (χ1v) is 10.2. The number of carboxylic acid groups (broad SMARTS) is 2. The minimum atomic E-state index is -0.913. The summed E-state index contributed by atoms with van der Waals surface area (Å²) in [6.45, 7) is 4.79. The molecule has 0 aromatic carbocycles. The highest BCUT2D eigenvalue weighted by molar-refractivity contribution is 5.80. The Balaban J connectivity index is 1.64. The summed E-state index contributed by atoms with van der Waals surface area (Å²) in [5, 5.41) is 19.2. The minimum Gasteiger partial charge on any atom is -0.481 e. The molecule has 4 saturated carbocycles. The lowest BCUT2D eigenvalue weighted by Crippen LogP contribution is -2.55. The molecule has 4 aliphatic carbocycles. The maximum Gasteiger partial charge on any atom is 0.307 e. The zero-order chi connectivity index (χ0) is 18.0. The lowest BCUT2D eigenvalue weighted by molar-refractivity contribution is -0.171. The van der Waals surface area contributed by atoms with Gasteiger partial charge in [-0.3, -0.25) is 9.59 Å². The molecule has 140 valence electrons. The second kappa shape index (κ2) is 5.72. The molecule has 4 heteroatoms. The molecule has 0 radical (unpaired) electrons. The van der Waals surface area contributed by atoms with Crippen molar-refractivity contribution in [3.63, 3.8) is 0 Å². The minimum absolute atomic E-state index is 0.0157. The largest absolute Gasteiger partial charge is 0.481 e. The smallest absolute Gasteiger partial charge is 0.307 e. The molecule has 3 unspecified atom stereocenters. The van der Waals surface area contributed by atoms with Crippen LogP contribution in [0.4, 0.5) is 0 Å². The molecule has 2 N–H and O–H groups in total. The molecule has 4 rings (SSSR count). The Bertz CT molecular complexity index is 586. The van der Waals surface area contributed by atoms with Gasteiger partial charge in [-0.1, -0.05) is 20.3 Å². The van der Waals surface area contributed by atoms with Gasteiger partial charge in [-0.05, 0) is 85.9 Å². The van der Waals surface area contributed by atoms with E-state index in [1.165, 1.54) is 38.5 Å². The van der Waals surface area contributed by atoms with Crippen molar-refractivity contribution in [3.05, 3.63) is 0 Å². The predicted molar refractivity (Wildman–Crippen MR) is 94.0 cm³/mol. The molecular weight excluding hydrogens is 316 g/mol. The molecule has 0 aromatic rings. The molecule has 8 atom stereocenters. The summed E-state index contributed by atoms with van der Waals surface area (Å²) in [5.74, 6) is -0.709. The fourth-order valence-corrected chi connectivity index (χ4v) is 7.85. The van der Waals surface area contributed by atoms with Crippen molar-refractivity contribution in [1.29, 1.82) is 0 Å². The Labute approximate surface area is 150 Å². The number of carboxylic acids is 2. The van der Waals surface area contributed by atoms with Crippen LogP contribution in [-0.4, -0.2) is 22.2 Å². The third-order valence-electron chi connectivity index (χ3n) is 9.16. The second-order valence-corrected chi connectivity index (χ2v) is 10.1. The van der Waals surface area contributed by atoms with E-state index in [2.05, 4.69) is 13.8 Å². The van der Waals surface area contributed by atoms with Crippen molar-refractivity contribution >= 4 is 11.9 Å². The van der Waals surface area contributed by atoms with E-state index >= 15 is 0 Å². The fourth-order valence-electron chi connectivity index (χ4n) is 7.85. The van der Waals surface area contributed by atoms with Gasteiger partial charge in [-0.15, -0.1) is 0 Å². The molecule has 0 spiro atoms. The molecule has 0 saturated heterocycles. The topological polar surface area (TPSA) is 74.6 Å². The van der Waals surface area contributed by atoms with Crippen LogP contribution in [0.3, 0.4) is 0 Å². The van der Waals surface area contributed by atoms with Gasteiger partial charge < -0.3 is 10.2 Å². The molecule has 0 heterocycles. The van der Waals surface area contributed by atoms with E-state index in [1.807, 2.05) is 0 Å². The molecule has 0 bridgehead atoms. The Morgan fingerprint density at radius 1 is 0.880 bits per heavy atom. The SMILES string of the molecule is C[C@@]12CCC[C@H]1[C@@H]1CCC3CC(C(=O)O)C(C(=O)O)C[C@]3(C)[C@H]1CC2. The Kier molecular flexibility index (Phi) is 3.97. The van der Waals surface area contributed by atoms with Crippen molar-refractivity contribution in [3.8, 4) is 0 Å². The van der Waals surface area contributed by atoms with Crippen LogP contribution in [0.25, 0.3) is 0 Å². The summed E-state index contributed by atoms with van der Waals surface area (Å²) >= 11 is 0. The van der Waals surface area contributed by atoms with Crippen molar-refractivity contribution < 1.29 is 19.8 Å². The summed E-state index contributed by atoms with van der Waals surface area (Å²) in [7, 11) is 0. The number of aliphatic carboxylic acids is 2. The Morgan fingerprint density at radius 2 is 1.60 bits per heavy atom. The highest BCUT2D eigenvalue weighted by Gasteiger charge is 2.60. The van der Waals surface area contributed by atoms with Crippen LogP contribution >= 0.6 is 0 Å². The zero-order valence-electron chi connectivity index (χ0n) is 15.5. The van der Waals surface area contributed by atoms with E-state index in [-0.39, 0.29) is 5.41 Å². The van der Waals surface area contributed by atoms with Crippen LogP contribution in [0.2, 0.25) is 0 Å². The van der Waals surface area contributed by atoms with Gasteiger partial charge in [0.25, 0.3) is 0 Å². The normalized spacial score (nSPS) is 51.9. The standard InChI is InChI=1S/C21H32O4/c1-20-8-3-4-16(20)13-6-5-12-10-14(18(22)23)15(19(24)25)11-21(12,2)17(13)7-9-20/h12-17H,3-11H2,1-2H3,(H,22,23)(H,24,25)/t12?,13-,14?,15?,16-,17-,20-,21-/m0/s1. The van der Waals surface area contributed by atoms with Gasteiger partial charge >= 0.3 is 11.9 Å². The summed E-state index contributed by atoms with van der Waals surface area (Å²) < 4.78 is 0. The van der Waals surface area contributed by atoms with Gasteiger partial charge in [0.15, 0.2) is 0 Å². The van der Waals surface area contributed by atoms with E-state index in [4.69, 9.17) is 0 Å². The third kappa shape index (κ3) is 2.46. The van der Waals surface area contributed by atoms with Crippen LogP contribution in [0.15, 0.2) is 0 Å². The summed E-state index contributed by atoms with van der Waals surface area (Å²) in [6, 6.07) is 0. The average Bonchev–Trinajstić information content (AvgIpc) is 2.94. The van der Waals surface area contributed by atoms with Gasteiger partial charge in [0.05, 0.1) is 11.8 Å². The second-order valence-electron chi connectivity index (χ2n) is 10.1. The first-order valence-electron chi connectivity index (χ1n) is 10.2. The highest BCUT2D eigenvalue weighted by Crippen LogP contribution is 2.67. The van der Waals surface area contributed by atoms with E-state index in [0.29, 0.717) is 30.1 Å². The zero-order valence-corrected chi connectivity index (χ0v) is 15.5. The quantitative estimate of drug-likeness (QED) is 0.774. The van der Waals surface area contributed by atoms with Crippen LogP contribution < -0.4 is 0 Å². The molecule has 4 aliphatic rings. The van der Waals surface area contributed by atoms with Gasteiger partial charge in [-0.25, -0.2) is 0 Å². The lowest BCUT2D eigenvalue weighted by Gasteiger charge is -2.61. The highest BCUT2D eigenvalue weighted by atomic mass is 16.4. The fraction of sp³-hybridized carbons (Fsp3) is 0.905. The number of hydrogen-bond acceptors (Lipinski definition) is 2. The van der Waals surface area contributed by atoms with Crippen molar-refractivity contribution in [2.45, 2.75) is 71.6 Å². The van der Waals surface area contributed by atoms with Gasteiger partial charge in [0, 0.05) is 0 Å². The van der Waals surface area contributed by atoms with Gasteiger partial charge in [-0.2, -0.15) is 0 Å². The first-order chi connectivity index (χ1) is 11.8. The average molecular weight is 348 g/mol. The van der Waals surface area contributed by atoms with Crippen LogP contribution in [0.1, 0.15) is 71.6 Å².